The van der Waals surface area contributed by atoms with Crippen molar-refractivity contribution < 1.29 is 5.11 Å². The highest BCUT2D eigenvalue weighted by atomic mass is 32.1. The maximum Gasteiger partial charge on any atom is 0.0943 e. The predicted molar refractivity (Wildman–Crippen MR) is 88.6 cm³/mol. The number of nitrogens with two attached hydrogens (primary N) is 1. The second-order valence-electron chi connectivity index (χ2n) is 5.88. The molecule has 0 amide bonds. The van der Waals surface area contributed by atoms with Gasteiger partial charge in [-0.15, -0.1) is 11.3 Å². The van der Waals surface area contributed by atoms with Gasteiger partial charge in [0.1, 0.15) is 0 Å². The van der Waals surface area contributed by atoms with Crippen LogP contribution in [0.2, 0.25) is 0 Å². The van der Waals surface area contributed by atoms with Crippen molar-refractivity contribution in [2.75, 3.05) is 5.73 Å². The predicted octanol–water partition coefficient (Wildman–Crippen LogP) is 3.86. The summed E-state index contributed by atoms with van der Waals surface area (Å²) in [5, 5.41) is 14.6. The lowest BCUT2D eigenvalue weighted by molar-refractivity contribution is 0.0394. The molecule has 0 fully saturated rings. The van der Waals surface area contributed by atoms with E-state index in [4.69, 9.17) is 5.73 Å². The average Bonchev–Trinajstić information content (AvgIpc) is 3.02. The molecule has 1 aliphatic carbocycles. The lowest BCUT2D eigenvalue weighted by Crippen LogP contribution is -2.25. The highest BCUT2D eigenvalue weighted by Gasteiger charge is 2.37. The highest BCUT2D eigenvalue weighted by molar-refractivity contribution is 7.17. The fraction of sp³-hybridized carbons (Fsp3) is 0.222. The monoisotopic (exact) mass is 295 g/mol. The van der Waals surface area contributed by atoms with Gasteiger partial charge in [-0.2, -0.15) is 0 Å². The quantitative estimate of drug-likeness (QED) is 0.705. The molecule has 1 atom stereocenters. The first kappa shape index (κ1) is 12.9. The molecule has 21 heavy (non-hydrogen) atoms. The molecule has 1 aliphatic rings. The highest BCUT2D eigenvalue weighted by Crippen LogP contribution is 2.41. The molecule has 4 rings (SSSR count). The Balaban J connectivity index is 1.75. The Kier molecular flexibility index (Phi) is 2.81. The van der Waals surface area contributed by atoms with Crippen molar-refractivity contribution in [1.82, 2.24) is 0 Å². The third kappa shape index (κ3) is 2.04. The van der Waals surface area contributed by atoms with E-state index in [2.05, 4.69) is 29.6 Å². The van der Waals surface area contributed by atoms with Gasteiger partial charge in [-0.1, -0.05) is 24.3 Å². The molecule has 106 valence electrons. The summed E-state index contributed by atoms with van der Waals surface area (Å²) in [5.41, 5.74) is 9.35. The summed E-state index contributed by atoms with van der Waals surface area (Å²) >= 11 is 1.75. The van der Waals surface area contributed by atoms with Gasteiger partial charge in [0, 0.05) is 16.8 Å². The molecule has 0 aliphatic heterocycles. The van der Waals surface area contributed by atoms with Gasteiger partial charge in [0.05, 0.1) is 5.60 Å². The Morgan fingerprint density at radius 1 is 1.19 bits per heavy atom. The Morgan fingerprint density at radius 2 is 2.05 bits per heavy atom. The van der Waals surface area contributed by atoms with E-state index in [1.165, 1.54) is 21.2 Å². The number of hydrogen-bond donors (Lipinski definition) is 2. The second kappa shape index (κ2) is 4.58. The second-order valence-corrected chi connectivity index (χ2v) is 6.79. The Bertz CT molecular complexity index is 823. The standard InChI is InChI=1S/C18H17NOS/c19-14-5-6-16-12(9-14)7-8-18(16,20)10-13-11-21-17-4-2-1-3-15(13)17/h1-6,9,11,20H,7-8,10,19H2. The van der Waals surface area contributed by atoms with Crippen LogP contribution in [-0.2, 0) is 18.4 Å². The van der Waals surface area contributed by atoms with Crippen LogP contribution in [0.15, 0.2) is 47.8 Å². The minimum atomic E-state index is -0.757. The third-order valence-corrected chi connectivity index (χ3v) is 5.49. The average molecular weight is 295 g/mol. The van der Waals surface area contributed by atoms with Crippen LogP contribution in [-0.4, -0.2) is 5.11 Å². The van der Waals surface area contributed by atoms with Gasteiger partial charge in [-0.25, -0.2) is 0 Å². The Hall–Kier alpha value is -1.84. The Morgan fingerprint density at radius 3 is 2.95 bits per heavy atom. The summed E-state index contributed by atoms with van der Waals surface area (Å²) in [4.78, 5) is 0. The van der Waals surface area contributed by atoms with Gasteiger partial charge in [0.15, 0.2) is 0 Å². The third-order valence-electron chi connectivity index (χ3n) is 4.48. The van der Waals surface area contributed by atoms with Crippen LogP contribution < -0.4 is 5.73 Å². The van der Waals surface area contributed by atoms with Gasteiger partial charge in [0.2, 0.25) is 0 Å². The summed E-state index contributed by atoms with van der Waals surface area (Å²) in [6.45, 7) is 0. The number of aryl methyl sites for hydroxylation is 1. The van der Waals surface area contributed by atoms with Crippen LogP contribution in [0.4, 0.5) is 5.69 Å². The zero-order chi connectivity index (χ0) is 14.4. The molecule has 1 aromatic heterocycles. The smallest absolute Gasteiger partial charge is 0.0943 e. The van der Waals surface area contributed by atoms with E-state index in [9.17, 15) is 5.11 Å². The minimum Gasteiger partial charge on any atom is -0.399 e. The molecule has 0 saturated carbocycles. The largest absolute Gasteiger partial charge is 0.399 e. The number of thiophene rings is 1. The lowest BCUT2D eigenvalue weighted by atomic mass is 9.88. The van der Waals surface area contributed by atoms with Crippen molar-refractivity contribution in [2.45, 2.75) is 24.9 Å². The van der Waals surface area contributed by atoms with Gasteiger partial charge in [-0.05, 0) is 58.5 Å². The van der Waals surface area contributed by atoms with Crippen LogP contribution in [0.25, 0.3) is 10.1 Å². The molecule has 1 heterocycles. The van der Waals surface area contributed by atoms with Crippen molar-refractivity contribution in [1.29, 1.82) is 0 Å². The number of benzene rings is 2. The SMILES string of the molecule is Nc1ccc2c(c1)CCC2(O)Cc1csc2ccccc12. The summed E-state index contributed by atoms with van der Waals surface area (Å²) in [5.74, 6) is 0. The summed E-state index contributed by atoms with van der Waals surface area (Å²) in [6.07, 6.45) is 2.35. The van der Waals surface area contributed by atoms with Crippen LogP contribution in [0, 0.1) is 0 Å². The van der Waals surface area contributed by atoms with Gasteiger partial charge >= 0.3 is 0 Å². The van der Waals surface area contributed by atoms with Crippen molar-refractivity contribution in [3.05, 3.63) is 64.5 Å². The number of aliphatic hydroxyl groups is 1. The molecule has 3 aromatic rings. The molecule has 2 aromatic carbocycles. The van der Waals surface area contributed by atoms with E-state index < -0.39 is 5.60 Å². The van der Waals surface area contributed by atoms with Gasteiger partial charge in [-0.3, -0.25) is 0 Å². The number of anilines is 1. The van der Waals surface area contributed by atoms with Crippen molar-refractivity contribution in [3.63, 3.8) is 0 Å². The van der Waals surface area contributed by atoms with Gasteiger partial charge in [0.25, 0.3) is 0 Å². The molecule has 3 heteroatoms. The number of rotatable bonds is 2. The fourth-order valence-electron chi connectivity index (χ4n) is 3.42. The van der Waals surface area contributed by atoms with E-state index in [0.29, 0.717) is 6.42 Å². The first-order valence-electron chi connectivity index (χ1n) is 7.22. The number of hydrogen-bond acceptors (Lipinski definition) is 3. The molecule has 0 bridgehead atoms. The topological polar surface area (TPSA) is 46.2 Å². The molecule has 1 unspecified atom stereocenters. The van der Waals surface area contributed by atoms with E-state index in [0.717, 1.165) is 24.1 Å². The van der Waals surface area contributed by atoms with E-state index in [1.54, 1.807) is 11.3 Å². The van der Waals surface area contributed by atoms with Crippen LogP contribution in [0.1, 0.15) is 23.1 Å². The van der Waals surface area contributed by atoms with E-state index in [-0.39, 0.29) is 0 Å². The molecular formula is C18H17NOS. The van der Waals surface area contributed by atoms with Crippen molar-refractivity contribution >= 4 is 27.1 Å². The first-order valence-corrected chi connectivity index (χ1v) is 8.10. The molecular weight excluding hydrogens is 278 g/mol. The number of nitrogen functional groups attached to an aromatic ring is 1. The normalized spacial score (nSPS) is 20.8. The van der Waals surface area contributed by atoms with Crippen LogP contribution in [0.3, 0.4) is 0 Å². The van der Waals surface area contributed by atoms with Crippen molar-refractivity contribution in [3.8, 4) is 0 Å². The molecule has 0 radical (unpaired) electrons. The van der Waals surface area contributed by atoms with Crippen molar-refractivity contribution in [2.24, 2.45) is 0 Å². The zero-order valence-corrected chi connectivity index (χ0v) is 12.5. The zero-order valence-electron chi connectivity index (χ0n) is 11.7. The summed E-state index contributed by atoms with van der Waals surface area (Å²) in [6, 6.07) is 14.3. The fourth-order valence-corrected chi connectivity index (χ4v) is 4.38. The van der Waals surface area contributed by atoms with E-state index in [1.807, 2.05) is 18.2 Å². The summed E-state index contributed by atoms with van der Waals surface area (Å²) in [7, 11) is 0. The maximum absolute atomic E-state index is 11.1. The van der Waals surface area contributed by atoms with Crippen LogP contribution in [0.5, 0.6) is 0 Å². The minimum absolute atomic E-state index is 0.675. The maximum atomic E-state index is 11.1. The molecule has 0 saturated heterocycles. The lowest BCUT2D eigenvalue weighted by Gasteiger charge is -2.24. The Labute approximate surface area is 127 Å². The number of fused-ring (bicyclic) bond motifs is 2. The molecule has 0 spiro atoms. The van der Waals surface area contributed by atoms with Crippen LogP contribution >= 0.6 is 11.3 Å². The van der Waals surface area contributed by atoms with Gasteiger partial charge < -0.3 is 10.8 Å². The molecule has 2 nitrogen and oxygen atoms in total. The summed E-state index contributed by atoms with van der Waals surface area (Å²) < 4.78 is 1.28. The first-order chi connectivity index (χ1) is 10.2. The molecule has 3 N–H and O–H groups in total. The van der Waals surface area contributed by atoms with E-state index >= 15 is 0 Å².